The van der Waals surface area contributed by atoms with Gasteiger partial charge in [0.15, 0.2) is 0 Å². The predicted octanol–water partition coefficient (Wildman–Crippen LogP) is 1.95. The monoisotopic (exact) mass is 290 g/mol. The third kappa shape index (κ3) is 2.44. The minimum Gasteiger partial charge on any atom is -0.317 e. The van der Waals surface area contributed by atoms with Gasteiger partial charge in [0.25, 0.3) is 0 Å². The van der Waals surface area contributed by atoms with Gasteiger partial charge in [-0.2, -0.15) is 0 Å². The largest absolute Gasteiger partial charge is 0.317 e. The summed E-state index contributed by atoms with van der Waals surface area (Å²) in [5, 5.41) is 10.4. The Morgan fingerprint density at radius 3 is 2.30 bits per heavy atom. The molecule has 5 heteroatoms. The normalized spacial score (nSPS) is 17.4. The summed E-state index contributed by atoms with van der Waals surface area (Å²) in [6.45, 7) is 2.02. The molecule has 20 heavy (non-hydrogen) atoms. The zero-order valence-electron chi connectivity index (χ0n) is 11.2. The van der Waals surface area contributed by atoms with Gasteiger partial charge in [0, 0.05) is 5.39 Å². The van der Waals surface area contributed by atoms with E-state index in [0.717, 1.165) is 36.7 Å². The Morgan fingerprint density at radius 2 is 1.65 bits per heavy atom. The number of fused-ring (bicyclic) bond motifs is 1. The highest BCUT2D eigenvalue weighted by Gasteiger charge is 2.20. The molecule has 0 aliphatic carbocycles. The van der Waals surface area contributed by atoms with Crippen LogP contribution in [0.2, 0.25) is 0 Å². The number of piperidine rings is 1. The van der Waals surface area contributed by atoms with Crippen LogP contribution in [-0.2, 0) is 10.0 Å². The van der Waals surface area contributed by atoms with Crippen molar-refractivity contribution in [3.8, 4) is 0 Å². The lowest BCUT2D eigenvalue weighted by Gasteiger charge is -2.24. The Hall–Kier alpha value is -1.43. The predicted molar refractivity (Wildman–Crippen MR) is 80.2 cm³/mol. The summed E-state index contributed by atoms with van der Waals surface area (Å²) in [6, 6.07) is 11.2. The third-order valence-electron chi connectivity index (χ3n) is 4.00. The minimum atomic E-state index is -3.69. The summed E-state index contributed by atoms with van der Waals surface area (Å²) in [6.07, 6.45) is 2.16. The van der Waals surface area contributed by atoms with Crippen LogP contribution in [0.1, 0.15) is 24.3 Å². The number of nitrogens with two attached hydrogens (primary N) is 1. The molecule has 0 saturated carbocycles. The standard InChI is InChI=1S/C15H18N2O2S/c16-20(18,19)15-6-5-12(11-7-9-17-10-8-11)13-3-1-2-4-14(13)15/h1-6,11,17H,7-10H2,(H2,16,18,19). The van der Waals surface area contributed by atoms with E-state index in [0.29, 0.717) is 5.92 Å². The van der Waals surface area contributed by atoms with Gasteiger partial charge in [-0.3, -0.25) is 0 Å². The van der Waals surface area contributed by atoms with Crippen LogP contribution in [0.3, 0.4) is 0 Å². The summed E-state index contributed by atoms with van der Waals surface area (Å²) >= 11 is 0. The lowest BCUT2D eigenvalue weighted by Crippen LogP contribution is -2.26. The quantitative estimate of drug-likeness (QED) is 0.888. The highest BCUT2D eigenvalue weighted by Crippen LogP contribution is 2.33. The van der Waals surface area contributed by atoms with Crippen molar-refractivity contribution in [2.45, 2.75) is 23.7 Å². The van der Waals surface area contributed by atoms with Crippen molar-refractivity contribution in [2.75, 3.05) is 13.1 Å². The molecular weight excluding hydrogens is 272 g/mol. The Labute approximate surface area is 119 Å². The van der Waals surface area contributed by atoms with Crippen LogP contribution < -0.4 is 10.5 Å². The lowest BCUT2D eigenvalue weighted by atomic mass is 9.87. The number of nitrogens with one attached hydrogen (secondary N) is 1. The van der Waals surface area contributed by atoms with Gasteiger partial charge in [-0.25, -0.2) is 13.6 Å². The van der Waals surface area contributed by atoms with E-state index in [1.54, 1.807) is 6.07 Å². The molecule has 0 radical (unpaired) electrons. The summed E-state index contributed by atoms with van der Waals surface area (Å²) in [5.41, 5.74) is 1.23. The zero-order valence-corrected chi connectivity index (χ0v) is 12.0. The van der Waals surface area contributed by atoms with Crippen molar-refractivity contribution >= 4 is 20.8 Å². The zero-order chi connectivity index (χ0) is 14.2. The molecule has 1 saturated heterocycles. The van der Waals surface area contributed by atoms with Crippen LogP contribution >= 0.6 is 0 Å². The second-order valence-electron chi connectivity index (χ2n) is 5.27. The van der Waals surface area contributed by atoms with E-state index in [1.165, 1.54) is 5.56 Å². The van der Waals surface area contributed by atoms with Crippen molar-refractivity contribution in [3.05, 3.63) is 42.0 Å². The van der Waals surface area contributed by atoms with E-state index in [4.69, 9.17) is 5.14 Å². The molecule has 3 rings (SSSR count). The minimum absolute atomic E-state index is 0.214. The molecule has 3 N–H and O–H groups in total. The lowest BCUT2D eigenvalue weighted by molar-refractivity contribution is 0.462. The van der Waals surface area contributed by atoms with Crippen molar-refractivity contribution in [1.82, 2.24) is 5.32 Å². The van der Waals surface area contributed by atoms with Crippen molar-refractivity contribution < 1.29 is 8.42 Å². The molecule has 1 aliphatic rings. The molecule has 0 unspecified atom stereocenters. The Bertz CT molecular complexity index is 735. The van der Waals surface area contributed by atoms with Crippen LogP contribution in [0.15, 0.2) is 41.3 Å². The molecular formula is C15H18N2O2S. The van der Waals surface area contributed by atoms with Gasteiger partial charge in [0.1, 0.15) is 0 Å². The van der Waals surface area contributed by atoms with Gasteiger partial charge in [-0.1, -0.05) is 30.3 Å². The maximum Gasteiger partial charge on any atom is 0.238 e. The summed E-state index contributed by atoms with van der Waals surface area (Å²) in [5.74, 6) is 0.482. The smallest absolute Gasteiger partial charge is 0.238 e. The number of sulfonamides is 1. The SMILES string of the molecule is NS(=O)(=O)c1ccc(C2CCNCC2)c2ccccc12. The maximum atomic E-state index is 11.7. The highest BCUT2D eigenvalue weighted by molar-refractivity contribution is 7.89. The Morgan fingerprint density at radius 1 is 1.00 bits per heavy atom. The maximum absolute atomic E-state index is 11.7. The van der Waals surface area contributed by atoms with Gasteiger partial charge in [-0.05, 0) is 48.9 Å². The van der Waals surface area contributed by atoms with E-state index in [1.807, 2.05) is 30.3 Å². The van der Waals surface area contributed by atoms with Gasteiger partial charge in [0.2, 0.25) is 10.0 Å². The number of hydrogen-bond donors (Lipinski definition) is 2. The van der Waals surface area contributed by atoms with Gasteiger partial charge >= 0.3 is 0 Å². The topological polar surface area (TPSA) is 72.2 Å². The molecule has 1 aliphatic heterocycles. The van der Waals surface area contributed by atoms with E-state index >= 15 is 0 Å². The van der Waals surface area contributed by atoms with Crippen LogP contribution in [0, 0.1) is 0 Å². The van der Waals surface area contributed by atoms with Crippen LogP contribution in [0.25, 0.3) is 10.8 Å². The molecule has 2 aromatic rings. The summed E-state index contributed by atoms with van der Waals surface area (Å²) < 4.78 is 23.4. The first-order chi connectivity index (χ1) is 9.57. The Balaban J connectivity index is 2.21. The number of primary sulfonamides is 1. The summed E-state index contributed by atoms with van der Waals surface area (Å²) in [7, 11) is -3.69. The summed E-state index contributed by atoms with van der Waals surface area (Å²) in [4.78, 5) is 0.214. The number of hydrogen-bond acceptors (Lipinski definition) is 3. The van der Waals surface area contributed by atoms with E-state index in [-0.39, 0.29) is 4.90 Å². The molecule has 0 atom stereocenters. The van der Waals surface area contributed by atoms with E-state index < -0.39 is 10.0 Å². The average Bonchev–Trinajstić information content (AvgIpc) is 2.46. The molecule has 1 fully saturated rings. The number of benzene rings is 2. The van der Waals surface area contributed by atoms with Crippen LogP contribution in [0.4, 0.5) is 0 Å². The fourth-order valence-corrected chi connectivity index (χ4v) is 3.77. The third-order valence-corrected chi connectivity index (χ3v) is 4.97. The van der Waals surface area contributed by atoms with Crippen molar-refractivity contribution in [2.24, 2.45) is 5.14 Å². The fourth-order valence-electron chi connectivity index (χ4n) is 3.03. The van der Waals surface area contributed by atoms with Gasteiger partial charge in [-0.15, -0.1) is 0 Å². The fraction of sp³-hybridized carbons (Fsp3) is 0.333. The van der Waals surface area contributed by atoms with Crippen LogP contribution in [-0.4, -0.2) is 21.5 Å². The Kier molecular flexibility index (Phi) is 3.50. The second kappa shape index (κ2) is 5.16. The first-order valence-corrected chi connectivity index (χ1v) is 8.37. The number of rotatable bonds is 2. The molecule has 0 bridgehead atoms. The average molecular weight is 290 g/mol. The molecule has 1 heterocycles. The molecule has 106 valence electrons. The molecule has 4 nitrogen and oxygen atoms in total. The first kappa shape index (κ1) is 13.5. The second-order valence-corrected chi connectivity index (χ2v) is 6.80. The molecule has 0 spiro atoms. The molecule has 2 aromatic carbocycles. The highest BCUT2D eigenvalue weighted by atomic mass is 32.2. The molecule has 0 aromatic heterocycles. The molecule has 0 amide bonds. The van der Waals surface area contributed by atoms with E-state index in [9.17, 15) is 8.42 Å². The van der Waals surface area contributed by atoms with Crippen molar-refractivity contribution in [1.29, 1.82) is 0 Å². The van der Waals surface area contributed by atoms with Gasteiger partial charge in [0.05, 0.1) is 4.90 Å². The first-order valence-electron chi connectivity index (χ1n) is 6.82. The van der Waals surface area contributed by atoms with Crippen LogP contribution in [0.5, 0.6) is 0 Å². The van der Waals surface area contributed by atoms with Crippen molar-refractivity contribution in [3.63, 3.8) is 0 Å². The van der Waals surface area contributed by atoms with E-state index in [2.05, 4.69) is 5.32 Å². The van der Waals surface area contributed by atoms with Gasteiger partial charge < -0.3 is 5.32 Å².